The van der Waals surface area contributed by atoms with Crippen LogP contribution in [0.25, 0.3) is 10.6 Å². The van der Waals surface area contributed by atoms with Crippen LogP contribution < -0.4 is 5.32 Å². The van der Waals surface area contributed by atoms with E-state index in [1.54, 1.807) is 7.05 Å². The van der Waals surface area contributed by atoms with Crippen LogP contribution in [-0.4, -0.2) is 35.3 Å². The predicted octanol–water partition coefficient (Wildman–Crippen LogP) is 4.72. The van der Waals surface area contributed by atoms with Crippen molar-refractivity contribution in [3.05, 3.63) is 69.7 Å². The number of nitrogens with one attached hydrogen (secondary N) is 1. The molecule has 1 aromatic heterocycles. The van der Waals surface area contributed by atoms with Crippen LogP contribution in [-0.2, 0) is 16.0 Å². The molecule has 0 fully saturated rings. The molecule has 29 heavy (non-hydrogen) atoms. The summed E-state index contributed by atoms with van der Waals surface area (Å²) in [6.07, 6.45) is 0.133. The quantitative estimate of drug-likeness (QED) is 0.619. The third-order valence-corrected chi connectivity index (χ3v) is 5.93. The zero-order chi connectivity index (χ0) is 21.0. The summed E-state index contributed by atoms with van der Waals surface area (Å²) in [5, 5.41) is 6.12. The smallest absolute Gasteiger partial charge is 0.243 e. The van der Waals surface area contributed by atoms with E-state index in [2.05, 4.69) is 10.3 Å². The Morgan fingerprint density at radius 2 is 1.90 bits per heavy atom. The summed E-state index contributed by atoms with van der Waals surface area (Å²) in [7, 11) is 1.62. The first-order valence-corrected chi connectivity index (χ1v) is 10.4. The number of hydrogen-bond donors (Lipinski definition) is 1. The highest BCUT2D eigenvalue weighted by Crippen LogP contribution is 2.30. The molecule has 0 aliphatic rings. The Bertz CT molecular complexity index is 1050. The number of benzene rings is 2. The minimum atomic E-state index is -0.232. The molecule has 1 N–H and O–H groups in total. The van der Waals surface area contributed by atoms with Crippen LogP contribution >= 0.6 is 22.9 Å². The Balaban J connectivity index is 1.59. The Morgan fingerprint density at radius 1 is 1.14 bits per heavy atom. The summed E-state index contributed by atoms with van der Waals surface area (Å²) in [6.45, 7) is 3.93. The summed E-state index contributed by atoms with van der Waals surface area (Å²) < 4.78 is 0. The number of hydrogen-bond acceptors (Lipinski definition) is 4. The summed E-state index contributed by atoms with van der Waals surface area (Å²) in [4.78, 5) is 30.8. The van der Waals surface area contributed by atoms with Crippen molar-refractivity contribution in [2.24, 2.45) is 0 Å². The van der Waals surface area contributed by atoms with Crippen molar-refractivity contribution in [2.75, 3.05) is 18.9 Å². The maximum Gasteiger partial charge on any atom is 0.243 e. The van der Waals surface area contributed by atoms with Crippen molar-refractivity contribution < 1.29 is 9.59 Å². The lowest BCUT2D eigenvalue weighted by Gasteiger charge is -2.17. The van der Waals surface area contributed by atoms with Gasteiger partial charge in [0.15, 0.2) is 0 Å². The van der Waals surface area contributed by atoms with E-state index >= 15 is 0 Å². The molecule has 0 saturated carbocycles. The molecule has 0 radical (unpaired) electrons. The zero-order valence-corrected chi connectivity index (χ0v) is 18.1. The molecule has 2 aromatic carbocycles. The second kappa shape index (κ2) is 9.20. The molecule has 3 aromatic rings. The van der Waals surface area contributed by atoms with E-state index in [4.69, 9.17) is 11.6 Å². The van der Waals surface area contributed by atoms with E-state index < -0.39 is 0 Å². The van der Waals surface area contributed by atoms with Gasteiger partial charge in [0, 0.05) is 23.7 Å². The van der Waals surface area contributed by atoms with E-state index in [9.17, 15) is 9.59 Å². The number of carbonyl (C=O) groups is 2. The molecule has 0 saturated heterocycles. The van der Waals surface area contributed by atoms with Gasteiger partial charge in [-0.25, -0.2) is 4.98 Å². The van der Waals surface area contributed by atoms with Gasteiger partial charge in [0.25, 0.3) is 0 Å². The zero-order valence-electron chi connectivity index (χ0n) is 16.5. The van der Waals surface area contributed by atoms with Crippen LogP contribution in [0.4, 0.5) is 5.69 Å². The molecule has 0 spiro atoms. The van der Waals surface area contributed by atoms with Crippen molar-refractivity contribution in [3.63, 3.8) is 0 Å². The second-order valence-electron chi connectivity index (χ2n) is 6.85. The van der Waals surface area contributed by atoms with Crippen LogP contribution in [0, 0.1) is 13.8 Å². The first-order chi connectivity index (χ1) is 13.8. The van der Waals surface area contributed by atoms with E-state index in [-0.39, 0.29) is 24.8 Å². The van der Waals surface area contributed by atoms with Crippen molar-refractivity contribution in [3.8, 4) is 10.6 Å². The van der Waals surface area contributed by atoms with Gasteiger partial charge in [0.2, 0.25) is 11.8 Å². The van der Waals surface area contributed by atoms with E-state index in [1.807, 2.05) is 61.7 Å². The molecule has 5 nitrogen and oxygen atoms in total. The average Bonchev–Trinajstić information content (AvgIpc) is 3.14. The average molecular weight is 428 g/mol. The molecular weight excluding hydrogens is 406 g/mol. The Kier molecular flexibility index (Phi) is 6.67. The van der Waals surface area contributed by atoms with Crippen molar-refractivity contribution >= 4 is 40.4 Å². The largest absolute Gasteiger partial charge is 0.336 e. The van der Waals surface area contributed by atoms with Crippen LogP contribution in [0.2, 0.25) is 5.02 Å². The molecule has 0 aliphatic heterocycles. The van der Waals surface area contributed by atoms with Crippen molar-refractivity contribution in [1.29, 1.82) is 0 Å². The maximum atomic E-state index is 12.5. The van der Waals surface area contributed by atoms with Gasteiger partial charge in [0.1, 0.15) is 5.01 Å². The number of halogens is 1. The Hall–Kier alpha value is -2.70. The van der Waals surface area contributed by atoms with Gasteiger partial charge < -0.3 is 10.2 Å². The summed E-state index contributed by atoms with van der Waals surface area (Å²) >= 11 is 7.66. The summed E-state index contributed by atoms with van der Waals surface area (Å²) in [5.41, 5.74) is 4.39. The van der Waals surface area contributed by atoms with Crippen LogP contribution in [0.15, 0.2) is 47.8 Å². The molecule has 0 bridgehead atoms. The monoisotopic (exact) mass is 427 g/mol. The number of likely N-dealkylation sites (N-methyl/N-ethyl adjacent to an activating group) is 1. The number of nitrogens with zero attached hydrogens (tertiary/aromatic N) is 2. The van der Waals surface area contributed by atoms with Gasteiger partial charge in [-0.15, -0.1) is 11.3 Å². The maximum absolute atomic E-state index is 12.5. The predicted molar refractivity (Wildman–Crippen MR) is 118 cm³/mol. The molecule has 2 amide bonds. The summed E-state index contributed by atoms with van der Waals surface area (Å²) in [6, 6.07) is 13.2. The topological polar surface area (TPSA) is 62.3 Å². The molecule has 0 atom stereocenters. The molecule has 1 heterocycles. The highest BCUT2D eigenvalue weighted by atomic mass is 35.5. The fourth-order valence-corrected chi connectivity index (χ4v) is 3.96. The number of anilines is 1. The minimum absolute atomic E-state index is 0.0201. The van der Waals surface area contributed by atoms with Gasteiger partial charge in [-0.2, -0.15) is 0 Å². The lowest BCUT2D eigenvalue weighted by atomic mass is 10.1. The highest BCUT2D eigenvalue weighted by Gasteiger charge is 2.17. The number of rotatable bonds is 6. The molecule has 3 rings (SSSR count). The lowest BCUT2D eigenvalue weighted by molar-refractivity contribution is -0.132. The first-order valence-electron chi connectivity index (χ1n) is 9.14. The van der Waals surface area contributed by atoms with Gasteiger partial charge in [0.05, 0.1) is 23.7 Å². The SMILES string of the molecule is Cc1cccc(NC(=O)CN(C)C(=O)Cc2csc(-c3ccccc3Cl)n2)c1C. The van der Waals surface area contributed by atoms with Gasteiger partial charge >= 0.3 is 0 Å². The van der Waals surface area contributed by atoms with Crippen LogP contribution in [0.5, 0.6) is 0 Å². The minimum Gasteiger partial charge on any atom is -0.336 e. The molecule has 0 unspecified atom stereocenters. The number of thiazole rings is 1. The third-order valence-electron chi connectivity index (χ3n) is 4.67. The second-order valence-corrected chi connectivity index (χ2v) is 8.11. The lowest BCUT2D eigenvalue weighted by Crippen LogP contribution is -2.36. The van der Waals surface area contributed by atoms with Crippen molar-refractivity contribution in [1.82, 2.24) is 9.88 Å². The first kappa shape index (κ1) is 21.0. The fourth-order valence-electron chi connectivity index (χ4n) is 2.82. The van der Waals surface area contributed by atoms with Gasteiger partial charge in [-0.3, -0.25) is 9.59 Å². The van der Waals surface area contributed by atoms with E-state index in [0.717, 1.165) is 27.4 Å². The fraction of sp³-hybridized carbons (Fsp3) is 0.227. The highest BCUT2D eigenvalue weighted by molar-refractivity contribution is 7.13. The molecule has 0 aliphatic carbocycles. The van der Waals surface area contributed by atoms with Crippen molar-refractivity contribution in [2.45, 2.75) is 20.3 Å². The molecule has 7 heteroatoms. The van der Waals surface area contributed by atoms with Gasteiger partial charge in [-0.05, 0) is 37.1 Å². The summed E-state index contributed by atoms with van der Waals surface area (Å²) in [5.74, 6) is -0.401. The van der Waals surface area contributed by atoms with Crippen LogP contribution in [0.1, 0.15) is 16.8 Å². The Morgan fingerprint density at radius 3 is 2.66 bits per heavy atom. The molecule has 150 valence electrons. The van der Waals surface area contributed by atoms with Crippen LogP contribution in [0.3, 0.4) is 0 Å². The number of amides is 2. The third kappa shape index (κ3) is 5.22. The number of aryl methyl sites for hydroxylation is 1. The van der Waals surface area contributed by atoms with E-state index in [0.29, 0.717) is 10.7 Å². The number of carbonyl (C=O) groups excluding carboxylic acids is 2. The van der Waals surface area contributed by atoms with Gasteiger partial charge in [-0.1, -0.05) is 41.9 Å². The number of aromatic nitrogens is 1. The Labute approximate surface area is 179 Å². The standard InChI is InChI=1S/C22H22ClN3O2S/c1-14-7-6-10-19(15(14)2)25-20(27)12-26(3)21(28)11-16-13-29-22(24-16)17-8-4-5-9-18(17)23/h4-10,13H,11-12H2,1-3H3,(H,25,27). The molecular formula is C22H22ClN3O2S. The van der Waals surface area contributed by atoms with E-state index in [1.165, 1.54) is 16.2 Å². The normalized spacial score (nSPS) is 10.6.